The monoisotopic (exact) mass is 355 g/mol. The minimum Gasteiger partial charge on any atom is -0.480 e. The molecular formula is C18H17N3O3S. The standard InChI is InChI=1S/C18H17N3O3S/c22-17(16-15(10-5-6-10)20-9-25-16)21-14(18(23)24)7-11-8-19-13-4-2-1-3-12(11)13/h1-4,8-10,14,19H,5-7H2,(H,21,22)(H,23,24). The van der Waals surface area contributed by atoms with Gasteiger partial charge >= 0.3 is 5.97 Å². The Kier molecular flexibility index (Phi) is 4.01. The molecule has 3 aromatic rings. The summed E-state index contributed by atoms with van der Waals surface area (Å²) in [6.07, 6.45) is 4.11. The molecule has 0 bridgehead atoms. The molecule has 1 amide bonds. The van der Waals surface area contributed by atoms with Crippen molar-refractivity contribution < 1.29 is 14.7 Å². The Morgan fingerprint density at radius 2 is 2.16 bits per heavy atom. The summed E-state index contributed by atoms with van der Waals surface area (Å²) in [5, 5.41) is 13.2. The van der Waals surface area contributed by atoms with Gasteiger partial charge in [0.25, 0.3) is 5.91 Å². The van der Waals surface area contributed by atoms with Gasteiger partial charge in [0, 0.05) is 29.4 Å². The van der Waals surface area contributed by atoms with Gasteiger partial charge < -0.3 is 15.4 Å². The Hall–Kier alpha value is -2.67. The second-order valence-electron chi connectivity index (χ2n) is 6.27. The Labute approximate surface area is 147 Å². The van der Waals surface area contributed by atoms with Crippen molar-refractivity contribution >= 4 is 34.1 Å². The zero-order valence-corrected chi connectivity index (χ0v) is 14.2. The molecule has 0 saturated heterocycles. The Morgan fingerprint density at radius 3 is 2.92 bits per heavy atom. The third-order valence-corrected chi connectivity index (χ3v) is 5.31. The number of thiazole rings is 1. The van der Waals surface area contributed by atoms with Gasteiger partial charge in [-0.15, -0.1) is 11.3 Å². The second kappa shape index (κ2) is 6.33. The first-order chi connectivity index (χ1) is 12.1. The van der Waals surface area contributed by atoms with Gasteiger partial charge in [-0.3, -0.25) is 4.79 Å². The number of hydrogen-bond acceptors (Lipinski definition) is 4. The van der Waals surface area contributed by atoms with Gasteiger partial charge in [0.15, 0.2) is 0 Å². The number of para-hydroxylation sites is 1. The van der Waals surface area contributed by atoms with Crippen LogP contribution in [-0.4, -0.2) is 33.0 Å². The molecule has 0 aliphatic heterocycles. The number of rotatable bonds is 6. The average Bonchev–Trinajstić information content (AvgIpc) is 3.18. The predicted octanol–water partition coefficient (Wildman–Crippen LogP) is 2.93. The first-order valence-electron chi connectivity index (χ1n) is 8.15. The number of benzene rings is 1. The molecule has 1 fully saturated rings. The maximum atomic E-state index is 12.6. The number of fused-ring (bicyclic) bond motifs is 1. The third kappa shape index (κ3) is 3.15. The van der Waals surface area contributed by atoms with Gasteiger partial charge in [-0.2, -0.15) is 0 Å². The number of nitrogens with one attached hydrogen (secondary N) is 2. The van der Waals surface area contributed by atoms with Crippen molar-refractivity contribution in [1.82, 2.24) is 15.3 Å². The molecule has 1 aromatic carbocycles. The zero-order valence-electron chi connectivity index (χ0n) is 13.4. The predicted molar refractivity (Wildman–Crippen MR) is 95.0 cm³/mol. The summed E-state index contributed by atoms with van der Waals surface area (Å²) in [7, 11) is 0. The molecule has 6 nitrogen and oxygen atoms in total. The zero-order chi connectivity index (χ0) is 17.4. The molecule has 4 rings (SSSR count). The SMILES string of the molecule is O=C(NC(Cc1c[nH]c2ccccc12)C(=O)O)c1scnc1C1CC1. The molecule has 2 aromatic heterocycles. The number of aliphatic carboxylic acids is 1. The summed E-state index contributed by atoms with van der Waals surface area (Å²) in [5.41, 5.74) is 4.28. The van der Waals surface area contributed by atoms with Crippen LogP contribution in [0.1, 0.15) is 39.7 Å². The highest BCUT2D eigenvalue weighted by Crippen LogP contribution is 2.41. The summed E-state index contributed by atoms with van der Waals surface area (Å²) in [4.78, 5) is 32.2. The number of carboxylic acid groups (broad SMARTS) is 1. The molecule has 3 N–H and O–H groups in total. The summed E-state index contributed by atoms with van der Waals surface area (Å²) in [6.45, 7) is 0. The summed E-state index contributed by atoms with van der Waals surface area (Å²) >= 11 is 1.27. The summed E-state index contributed by atoms with van der Waals surface area (Å²) < 4.78 is 0. The number of carbonyl (C=O) groups is 2. The van der Waals surface area contributed by atoms with Crippen LogP contribution in [0.25, 0.3) is 10.9 Å². The van der Waals surface area contributed by atoms with Gasteiger partial charge in [-0.25, -0.2) is 9.78 Å². The lowest BCUT2D eigenvalue weighted by molar-refractivity contribution is -0.139. The lowest BCUT2D eigenvalue weighted by atomic mass is 10.0. The average molecular weight is 355 g/mol. The molecular weight excluding hydrogens is 338 g/mol. The van der Waals surface area contributed by atoms with Gasteiger partial charge in [0.2, 0.25) is 0 Å². The summed E-state index contributed by atoms with van der Waals surface area (Å²) in [6, 6.07) is 6.72. The Balaban J connectivity index is 1.54. The minimum absolute atomic E-state index is 0.225. The van der Waals surface area contributed by atoms with Gasteiger partial charge in [0.1, 0.15) is 10.9 Å². The van der Waals surface area contributed by atoms with E-state index in [9.17, 15) is 14.7 Å². The van der Waals surface area contributed by atoms with Crippen LogP contribution < -0.4 is 5.32 Å². The highest BCUT2D eigenvalue weighted by Gasteiger charge is 2.32. The number of nitrogens with zero attached hydrogens (tertiary/aromatic N) is 1. The fourth-order valence-electron chi connectivity index (χ4n) is 3.02. The fourth-order valence-corrected chi connectivity index (χ4v) is 3.79. The van der Waals surface area contributed by atoms with Crippen molar-refractivity contribution in [1.29, 1.82) is 0 Å². The van der Waals surface area contributed by atoms with Crippen LogP contribution in [0.2, 0.25) is 0 Å². The van der Waals surface area contributed by atoms with Crippen molar-refractivity contribution in [3.63, 3.8) is 0 Å². The van der Waals surface area contributed by atoms with Gasteiger partial charge in [0.05, 0.1) is 11.2 Å². The van der Waals surface area contributed by atoms with Crippen LogP contribution in [0.15, 0.2) is 36.0 Å². The highest BCUT2D eigenvalue weighted by molar-refractivity contribution is 7.11. The number of amides is 1. The molecule has 1 aliphatic carbocycles. The normalized spacial score (nSPS) is 15.2. The van der Waals surface area contributed by atoms with Crippen molar-refractivity contribution in [3.8, 4) is 0 Å². The number of hydrogen-bond donors (Lipinski definition) is 3. The number of carboxylic acids is 1. The van der Waals surface area contributed by atoms with Crippen LogP contribution in [0.4, 0.5) is 0 Å². The lowest BCUT2D eigenvalue weighted by Crippen LogP contribution is -2.42. The number of H-pyrrole nitrogens is 1. The van der Waals surface area contributed by atoms with Crippen LogP contribution >= 0.6 is 11.3 Å². The second-order valence-corrected chi connectivity index (χ2v) is 7.12. The molecule has 25 heavy (non-hydrogen) atoms. The third-order valence-electron chi connectivity index (χ3n) is 4.47. The van der Waals surface area contributed by atoms with E-state index in [2.05, 4.69) is 15.3 Å². The smallest absolute Gasteiger partial charge is 0.326 e. The van der Waals surface area contributed by atoms with E-state index >= 15 is 0 Å². The first kappa shape index (κ1) is 15.8. The van der Waals surface area contributed by atoms with Crippen molar-refractivity contribution in [2.75, 3.05) is 0 Å². The summed E-state index contributed by atoms with van der Waals surface area (Å²) in [5.74, 6) is -1.04. The van der Waals surface area contributed by atoms with E-state index < -0.39 is 12.0 Å². The van der Waals surface area contributed by atoms with E-state index in [-0.39, 0.29) is 12.3 Å². The van der Waals surface area contributed by atoms with Crippen LogP contribution in [0.5, 0.6) is 0 Å². The quantitative estimate of drug-likeness (QED) is 0.633. The molecule has 128 valence electrons. The van der Waals surface area contributed by atoms with Crippen molar-refractivity contribution in [2.24, 2.45) is 0 Å². The Morgan fingerprint density at radius 1 is 1.36 bits per heavy atom. The fraction of sp³-hybridized carbons (Fsp3) is 0.278. The highest BCUT2D eigenvalue weighted by atomic mass is 32.1. The van der Waals surface area contributed by atoms with E-state index in [0.717, 1.165) is 35.0 Å². The van der Waals surface area contributed by atoms with Crippen LogP contribution in [-0.2, 0) is 11.2 Å². The molecule has 7 heteroatoms. The lowest BCUT2D eigenvalue weighted by Gasteiger charge is -2.14. The molecule has 0 radical (unpaired) electrons. The Bertz CT molecular complexity index is 942. The molecule has 1 atom stereocenters. The molecule has 1 aliphatic rings. The van der Waals surface area contributed by atoms with Gasteiger partial charge in [-0.05, 0) is 24.5 Å². The maximum Gasteiger partial charge on any atom is 0.326 e. The minimum atomic E-state index is -1.05. The first-order valence-corrected chi connectivity index (χ1v) is 9.03. The van der Waals surface area contributed by atoms with Crippen LogP contribution in [0.3, 0.4) is 0 Å². The van der Waals surface area contributed by atoms with E-state index in [1.165, 1.54) is 11.3 Å². The van der Waals surface area contributed by atoms with Crippen molar-refractivity contribution in [3.05, 3.63) is 52.1 Å². The van der Waals surface area contributed by atoms with Crippen molar-refractivity contribution in [2.45, 2.75) is 31.2 Å². The molecule has 1 unspecified atom stereocenters. The molecule has 2 heterocycles. The molecule has 0 spiro atoms. The van der Waals surface area contributed by atoms with Gasteiger partial charge in [-0.1, -0.05) is 18.2 Å². The van der Waals surface area contributed by atoms with E-state index in [4.69, 9.17) is 0 Å². The number of carbonyl (C=O) groups excluding carboxylic acids is 1. The largest absolute Gasteiger partial charge is 0.480 e. The topological polar surface area (TPSA) is 95.1 Å². The van der Waals surface area contributed by atoms with E-state index in [1.807, 2.05) is 24.3 Å². The van der Waals surface area contributed by atoms with Crippen LogP contribution in [0, 0.1) is 0 Å². The van der Waals surface area contributed by atoms with E-state index in [1.54, 1.807) is 11.7 Å². The number of aromatic amines is 1. The molecule has 1 saturated carbocycles. The maximum absolute atomic E-state index is 12.6. The van der Waals surface area contributed by atoms with E-state index in [0.29, 0.717) is 10.8 Å². The number of aromatic nitrogens is 2.